The average Bonchev–Trinajstić information content (AvgIpc) is 3.21. The molecule has 2 aromatic carbocycles. The number of benzene rings is 2. The summed E-state index contributed by atoms with van der Waals surface area (Å²) in [5.74, 6) is -0.929. The Balaban J connectivity index is 0.000000771. The van der Waals surface area contributed by atoms with Crippen LogP contribution in [0.25, 0.3) is 0 Å². The number of allylic oxidation sites excluding steroid dienone is 4. The van der Waals surface area contributed by atoms with Crippen molar-refractivity contribution in [2.75, 3.05) is 18.0 Å². The van der Waals surface area contributed by atoms with Crippen LogP contribution in [0.4, 0.5) is 11.4 Å². The van der Waals surface area contributed by atoms with E-state index in [0.29, 0.717) is 0 Å². The molecule has 39 heavy (non-hydrogen) atoms. The maximum atomic E-state index is 12.2. The molecule has 0 bridgehead atoms. The standard InChI is InChI=1S/C30H34N2O2.ClHO4/c1-7-31-24-15-11-9-13-22(24)29(3,4)26(31)19-17-21(28(33)34)18-20-27-30(5,6)23-14-10-12-16-25(23)32(27)8-2;2-1(3,4)5/h9-20H,7-8H2,1-6H3;(H,2,3,4,5). The number of hydrogen-bond acceptors (Lipinski definition) is 6. The van der Waals surface area contributed by atoms with Gasteiger partial charge in [0, 0.05) is 41.1 Å². The Morgan fingerprint density at radius 3 is 2.08 bits per heavy atom. The van der Waals surface area contributed by atoms with Crippen molar-refractivity contribution >= 4 is 23.1 Å². The molecule has 0 fully saturated rings. The third-order valence-corrected chi connectivity index (χ3v) is 7.32. The monoisotopic (exact) mass is 554 g/mol. The summed E-state index contributed by atoms with van der Waals surface area (Å²) in [4.78, 5) is 14.5. The Kier molecular flexibility index (Phi) is 8.89. The van der Waals surface area contributed by atoms with E-state index in [1.807, 2.05) is 12.2 Å². The Bertz CT molecular complexity index is 1360. The zero-order valence-corrected chi connectivity index (χ0v) is 23.9. The van der Waals surface area contributed by atoms with E-state index in [-0.39, 0.29) is 16.4 Å². The van der Waals surface area contributed by atoms with Gasteiger partial charge in [-0.05, 0) is 57.6 Å². The number of hydrogen-bond donors (Lipinski definition) is 1. The van der Waals surface area contributed by atoms with Crippen molar-refractivity contribution in [3.05, 3.63) is 95.2 Å². The summed E-state index contributed by atoms with van der Waals surface area (Å²) in [6.45, 7) is 14.7. The van der Waals surface area contributed by atoms with Crippen molar-refractivity contribution in [1.29, 1.82) is 0 Å². The molecule has 0 aromatic heterocycles. The van der Waals surface area contributed by atoms with Crippen LogP contribution < -0.4 is 23.5 Å². The SMILES string of the molecule is CCN1C(=CC=C(C=CC2=[N+](CC)c3ccccc3C2(C)C)C(=O)O)C(C)(C)c2ccccc21.[O-][Cl+3]([O-])([O-])[O-]. The van der Waals surface area contributed by atoms with Crippen LogP contribution in [0.1, 0.15) is 52.7 Å². The van der Waals surface area contributed by atoms with Gasteiger partial charge in [0.25, 0.3) is 0 Å². The summed E-state index contributed by atoms with van der Waals surface area (Å²) in [5, 5.41) is 9.99. The highest BCUT2D eigenvalue weighted by molar-refractivity contribution is 6.04. The summed E-state index contributed by atoms with van der Waals surface area (Å²) in [7, 11) is -4.94. The van der Waals surface area contributed by atoms with Crippen LogP contribution in [0, 0.1) is 10.2 Å². The number of carboxylic acid groups (broad SMARTS) is 1. The molecule has 0 unspecified atom stereocenters. The third-order valence-electron chi connectivity index (χ3n) is 7.32. The van der Waals surface area contributed by atoms with Gasteiger partial charge in [-0.15, -0.1) is 10.2 Å². The Morgan fingerprint density at radius 2 is 1.51 bits per heavy atom. The van der Waals surface area contributed by atoms with Crippen molar-refractivity contribution in [1.82, 2.24) is 0 Å². The molecule has 2 aliphatic rings. The van der Waals surface area contributed by atoms with Crippen molar-refractivity contribution in [3.8, 4) is 0 Å². The molecule has 9 heteroatoms. The van der Waals surface area contributed by atoms with Gasteiger partial charge in [0.05, 0.1) is 11.0 Å². The number of halogens is 1. The minimum atomic E-state index is -4.94. The molecule has 1 N–H and O–H groups in total. The van der Waals surface area contributed by atoms with Gasteiger partial charge in [0.15, 0.2) is 5.71 Å². The van der Waals surface area contributed by atoms with Gasteiger partial charge in [-0.2, -0.15) is 4.58 Å². The lowest BCUT2D eigenvalue weighted by molar-refractivity contribution is -2.00. The van der Waals surface area contributed by atoms with E-state index in [9.17, 15) is 9.90 Å². The van der Waals surface area contributed by atoms with Gasteiger partial charge in [-0.3, -0.25) is 0 Å². The highest BCUT2D eigenvalue weighted by Crippen LogP contribution is 2.47. The van der Waals surface area contributed by atoms with E-state index in [0.717, 1.165) is 24.5 Å². The fourth-order valence-corrected chi connectivity index (χ4v) is 5.50. The lowest BCUT2D eigenvalue weighted by atomic mass is 9.81. The first kappa shape index (κ1) is 30.3. The number of carboxylic acids is 1. The van der Waals surface area contributed by atoms with E-state index in [4.69, 9.17) is 18.6 Å². The van der Waals surface area contributed by atoms with Crippen LogP contribution in [0.5, 0.6) is 0 Å². The molecule has 0 atom stereocenters. The van der Waals surface area contributed by atoms with Crippen LogP contribution in [0.2, 0.25) is 0 Å². The fraction of sp³-hybridized carbons (Fsp3) is 0.333. The van der Waals surface area contributed by atoms with Crippen LogP contribution in [-0.2, 0) is 15.6 Å². The zero-order chi connectivity index (χ0) is 29.2. The van der Waals surface area contributed by atoms with Gasteiger partial charge in [0.1, 0.15) is 6.54 Å². The first-order valence-corrected chi connectivity index (χ1v) is 13.9. The number of para-hydroxylation sites is 2. The minimum Gasteiger partial charge on any atom is -0.478 e. The summed E-state index contributed by atoms with van der Waals surface area (Å²) < 4.78 is 36.2. The van der Waals surface area contributed by atoms with Crippen molar-refractivity contribution in [3.63, 3.8) is 0 Å². The van der Waals surface area contributed by atoms with Gasteiger partial charge in [-0.25, -0.2) is 23.4 Å². The third kappa shape index (κ3) is 6.32. The number of fused-ring (bicyclic) bond motifs is 2. The molecule has 208 valence electrons. The summed E-state index contributed by atoms with van der Waals surface area (Å²) in [6, 6.07) is 16.8. The molecule has 2 aliphatic heterocycles. The normalized spacial score (nSPS) is 18.8. The molecular weight excluding hydrogens is 520 g/mol. The largest absolute Gasteiger partial charge is 0.478 e. The molecule has 0 saturated carbocycles. The van der Waals surface area contributed by atoms with E-state index < -0.39 is 16.2 Å². The van der Waals surface area contributed by atoms with Gasteiger partial charge >= 0.3 is 5.97 Å². The van der Waals surface area contributed by atoms with Crippen molar-refractivity contribution in [2.24, 2.45) is 0 Å². The summed E-state index contributed by atoms with van der Waals surface area (Å²) in [5.41, 5.74) is 7.03. The number of anilines is 1. The Morgan fingerprint density at radius 1 is 0.949 bits per heavy atom. The quantitative estimate of drug-likeness (QED) is 0.325. The Labute approximate surface area is 231 Å². The van der Waals surface area contributed by atoms with Crippen LogP contribution in [0.15, 0.2) is 84.1 Å². The number of aliphatic carboxylic acids is 1. The molecule has 0 amide bonds. The number of carbonyl (C=O) groups is 1. The molecule has 2 aromatic rings. The molecule has 0 saturated heterocycles. The second-order valence-electron chi connectivity index (χ2n) is 10.3. The van der Waals surface area contributed by atoms with Gasteiger partial charge < -0.3 is 10.0 Å². The highest BCUT2D eigenvalue weighted by atomic mass is 35.7. The molecule has 4 rings (SSSR count). The molecule has 0 spiro atoms. The summed E-state index contributed by atoms with van der Waals surface area (Å²) >= 11 is 0. The molecule has 0 radical (unpaired) electrons. The van der Waals surface area contributed by atoms with Crippen molar-refractivity contribution < 1.29 is 43.4 Å². The average molecular weight is 555 g/mol. The van der Waals surface area contributed by atoms with Gasteiger partial charge in [-0.1, -0.05) is 50.2 Å². The first-order chi connectivity index (χ1) is 18.1. The smallest absolute Gasteiger partial charge is 0.335 e. The molecular formula is C30H35ClN2O6. The number of nitrogens with zero attached hydrogens (tertiary/aromatic N) is 2. The zero-order valence-electron chi connectivity index (χ0n) is 23.1. The van der Waals surface area contributed by atoms with E-state index in [2.05, 4.69) is 99.5 Å². The minimum absolute atomic E-state index is 0.195. The predicted molar refractivity (Wildman–Crippen MR) is 140 cm³/mol. The first-order valence-electron chi connectivity index (χ1n) is 12.7. The molecule has 2 heterocycles. The fourth-order valence-electron chi connectivity index (χ4n) is 5.50. The summed E-state index contributed by atoms with van der Waals surface area (Å²) in [6.07, 6.45) is 7.45. The second kappa shape index (κ2) is 11.5. The molecule has 8 nitrogen and oxygen atoms in total. The predicted octanol–water partition coefficient (Wildman–Crippen LogP) is 1.60. The maximum Gasteiger partial charge on any atom is 0.335 e. The van der Waals surface area contributed by atoms with Crippen LogP contribution in [0.3, 0.4) is 0 Å². The lowest BCUT2D eigenvalue weighted by Gasteiger charge is -2.25. The topological polar surface area (TPSA) is 136 Å². The highest BCUT2D eigenvalue weighted by Gasteiger charge is 2.43. The lowest BCUT2D eigenvalue weighted by Crippen LogP contribution is -2.68. The van der Waals surface area contributed by atoms with Crippen molar-refractivity contribution in [2.45, 2.75) is 52.4 Å². The molecule has 0 aliphatic carbocycles. The van der Waals surface area contributed by atoms with E-state index >= 15 is 0 Å². The van der Waals surface area contributed by atoms with Crippen LogP contribution in [-0.4, -0.2) is 34.5 Å². The van der Waals surface area contributed by atoms with Gasteiger partial charge in [0.2, 0.25) is 5.69 Å². The van der Waals surface area contributed by atoms with Crippen LogP contribution >= 0.6 is 0 Å². The van der Waals surface area contributed by atoms with E-state index in [1.165, 1.54) is 22.5 Å². The van der Waals surface area contributed by atoms with E-state index in [1.54, 1.807) is 12.2 Å². The Hall–Kier alpha value is -3.27. The number of likely N-dealkylation sites (N-methyl/N-ethyl adjacent to an activating group) is 1. The maximum absolute atomic E-state index is 12.2. The second-order valence-corrected chi connectivity index (χ2v) is 11.1. The number of rotatable bonds is 6.